The molecule has 1 fully saturated rings. The van der Waals surface area contributed by atoms with Gasteiger partial charge in [-0.1, -0.05) is 62.7 Å². The third kappa shape index (κ3) is 5.61. The molecule has 0 N–H and O–H groups in total. The molecule has 40 heavy (non-hydrogen) atoms. The van der Waals surface area contributed by atoms with E-state index in [9.17, 15) is 14.9 Å². The quantitative estimate of drug-likeness (QED) is 0.266. The minimum atomic E-state index is -0.00613. The van der Waals surface area contributed by atoms with Crippen LogP contribution in [-0.2, 0) is 22.4 Å². The fourth-order valence-corrected chi connectivity index (χ4v) is 5.70. The van der Waals surface area contributed by atoms with E-state index in [2.05, 4.69) is 23.1 Å². The molecule has 0 atom stereocenters. The molecule has 1 saturated carbocycles. The molecule has 2 heterocycles. The molecule has 5 rings (SSSR count). The number of Topliss-reactive ketones (excluding diaryl/α,β-unsaturated/α-hetero) is 1. The van der Waals surface area contributed by atoms with Gasteiger partial charge >= 0.3 is 0 Å². The van der Waals surface area contributed by atoms with E-state index < -0.39 is 0 Å². The molecule has 0 radical (unpaired) electrons. The molecular weight excluding hydrogens is 502 g/mol. The Hall–Kier alpha value is -4.09. The van der Waals surface area contributed by atoms with Gasteiger partial charge in [0.05, 0.1) is 23.4 Å². The van der Waals surface area contributed by atoms with Gasteiger partial charge in [0.15, 0.2) is 5.78 Å². The standard InChI is InChI=1S/C32H35N5O3/c1-3-7-30-29(18-22-10-12-23(13-11-22)28-9-6-5-8-24(28)19-33)31(39)36(32-34-21-35-37(30)32)25-14-16-27(17-15-25)40-20-26(38)4-2/h5-6,8-13,21,25,27H,3-4,7,14-18,20H2,1-2H3. The second-order valence-electron chi connectivity index (χ2n) is 10.5. The lowest BCUT2D eigenvalue weighted by atomic mass is 9.92. The number of rotatable bonds is 10. The van der Waals surface area contributed by atoms with Gasteiger partial charge in [0.1, 0.15) is 12.9 Å². The highest BCUT2D eigenvalue weighted by Crippen LogP contribution is 2.31. The third-order valence-corrected chi connectivity index (χ3v) is 7.89. The molecule has 0 spiro atoms. The molecule has 0 saturated heterocycles. The van der Waals surface area contributed by atoms with Crippen LogP contribution in [0.15, 0.2) is 59.7 Å². The monoisotopic (exact) mass is 537 g/mol. The molecule has 1 aliphatic carbocycles. The summed E-state index contributed by atoms with van der Waals surface area (Å²) in [5.74, 6) is 0.702. The molecule has 0 bridgehead atoms. The zero-order valence-electron chi connectivity index (χ0n) is 23.2. The van der Waals surface area contributed by atoms with Crippen molar-refractivity contribution in [3.05, 3.63) is 87.6 Å². The number of nitrogens with zero attached hydrogens (tertiary/aromatic N) is 5. The number of benzene rings is 2. The lowest BCUT2D eigenvalue weighted by Gasteiger charge is -2.30. The highest BCUT2D eigenvalue weighted by molar-refractivity contribution is 5.79. The van der Waals surface area contributed by atoms with Gasteiger partial charge in [-0.2, -0.15) is 15.3 Å². The van der Waals surface area contributed by atoms with Crippen molar-refractivity contribution in [1.82, 2.24) is 19.2 Å². The van der Waals surface area contributed by atoms with Gasteiger partial charge < -0.3 is 4.74 Å². The average molecular weight is 538 g/mol. The van der Waals surface area contributed by atoms with Crippen molar-refractivity contribution in [2.45, 2.75) is 77.4 Å². The number of carbonyl (C=O) groups is 1. The highest BCUT2D eigenvalue weighted by Gasteiger charge is 2.28. The number of aryl methyl sites for hydroxylation is 1. The number of carbonyl (C=O) groups excluding carboxylic acids is 1. The Kier molecular flexibility index (Phi) is 8.51. The maximum absolute atomic E-state index is 14.2. The summed E-state index contributed by atoms with van der Waals surface area (Å²) >= 11 is 0. The third-order valence-electron chi connectivity index (χ3n) is 7.89. The van der Waals surface area contributed by atoms with E-state index in [1.54, 1.807) is 0 Å². The lowest BCUT2D eigenvalue weighted by Crippen LogP contribution is -2.35. The van der Waals surface area contributed by atoms with Crippen molar-refractivity contribution in [3.63, 3.8) is 0 Å². The van der Waals surface area contributed by atoms with Crippen LogP contribution in [0.2, 0.25) is 0 Å². The summed E-state index contributed by atoms with van der Waals surface area (Å²) < 4.78 is 9.53. The van der Waals surface area contributed by atoms with Gasteiger partial charge in [-0.3, -0.25) is 14.2 Å². The first-order chi connectivity index (χ1) is 19.5. The maximum Gasteiger partial charge on any atom is 0.259 e. The Morgan fingerprint density at radius 3 is 2.52 bits per heavy atom. The van der Waals surface area contributed by atoms with Gasteiger partial charge in [0.25, 0.3) is 5.56 Å². The fourth-order valence-electron chi connectivity index (χ4n) is 5.70. The molecule has 2 aromatic carbocycles. The molecule has 8 nitrogen and oxygen atoms in total. The summed E-state index contributed by atoms with van der Waals surface area (Å²) in [5, 5.41) is 14.0. The van der Waals surface area contributed by atoms with Crippen molar-refractivity contribution < 1.29 is 9.53 Å². The molecule has 206 valence electrons. The van der Waals surface area contributed by atoms with Gasteiger partial charge in [-0.15, -0.1) is 0 Å². The van der Waals surface area contributed by atoms with Crippen molar-refractivity contribution in [1.29, 1.82) is 5.26 Å². The SMILES string of the molecule is CCCc1c(Cc2ccc(-c3ccccc3C#N)cc2)c(=O)n(C2CCC(OCC(=O)CC)CC2)c2ncnn12. The second kappa shape index (κ2) is 12.4. The predicted molar refractivity (Wildman–Crippen MR) is 153 cm³/mol. The summed E-state index contributed by atoms with van der Waals surface area (Å²) in [5.41, 5.74) is 5.18. The fraction of sp³-hybridized carbons (Fsp3) is 0.406. The summed E-state index contributed by atoms with van der Waals surface area (Å²) in [6.07, 6.45) is 7.32. The smallest absolute Gasteiger partial charge is 0.259 e. The van der Waals surface area contributed by atoms with E-state index in [1.807, 2.05) is 64.5 Å². The Balaban J connectivity index is 1.45. The molecule has 2 aromatic heterocycles. The van der Waals surface area contributed by atoms with Gasteiger partial charge in [-0.25, -0.2) is 4.52 Å². The number of aromatic nitrogens is 4. The van der Waals surface area contributed by atoms with Crippen LogP contribution in [0, 0.1) is 11.3 Å². The Morgan fingerprint density at radius 2 is 1.82 bits per heavy atom. The first-order valence-corrected chi connectivity index (χ1v) is 14.2. The molecule has 4 aromatic rings. The molecule has 0 unspecified atom stereocenters. The van der Waals surface area contributed by atoms with Crippen molar-refractivity contribution >= 4 is 11.6 Å². The molecule has 8 heteroatoms. The van der Waals surface area contributed by atoms with Crippen LogP contribution in [0.5, 0.6) is 0 Å². The van der Waals surface area contributed by atoms with E-state index in [1.165, 1.54) is 6.33 Å². The van der Waals surface area contributed by atoms with Crippen molar-refractivity contribution in [3.8, 4) is 17.2 Å². The Bertz CT molecular complexity index is 1590. The summed E-state index contributed by atoms with van der Waals surface area (Å²) in [6, 6.07) is 17.9. The van der Waals surface area contributed by atoms with Crippen LogP contribution >= 0.6 is 0 Å². The van der Waals surface area contributed by atoms with Crippen LogP contribution in [0.1, 0.15) is 80.8 Å². The number of hydrogen-bond donors (Lipinski definition) is 0. The first kappa shape index (κ1) is 27.5. The lowest BCUT2D eigenvalue weighted by molar-refractivity contribution is -0.126. The second-order valence-corrected chi connectivity index (χ2v) is 10.5. The topological polar surface area (TPSA) is 102 Å². The summed E-state index contributed by atoms with van der Waals surface area (Å²) in [7, 11) is 0. The van der Waals surface area contributed by atoms with Crippen LogP contribution < -0.4 is 5.56 Å². The molecule has 0 amide bonds. The normalized spacial score (nSPS) is 17.1. The van der Waals surface area contributed by atoms with Gasteiger partial charge in [0, 0.05) is 24.4 Å². The van der Waals surface area contributed by atoms with Crippen LogP contribution in [0.4, 0.5) is 0 Å². The Labute approximate surface area is 234 Å². The van der Waals surface area contributed by atoms with E-state index in [-0.39, 0.29) is 30.1 Å². The number of fused-ring (bicyclic) bond motifs is 1. The summed E-state index contributed by atoms with van der Waals surface area (Å²) in [6.45, 7) is 4.11. The molecule has 1 aliphatic rings. The van der Waals surface area contributed by atoms with Gasteiger partial charge in [0.2, 0.25) is 5.78 Å². The maximum atomic E-state index is 14.2. The number of nitriles is 1. The molecular formula is C32H35N5O3. The van der Waals surface area contributed by atoms with Crippen LogP contribution in [0.3, 0.4) is 0 Å². The zero-order valence-corrected chi connectivity index (χ0v) is 23.2. The predicted octanol–water partition coefficient (Wildman–Crippen LogP) is 5.45. The first-order valence-electron chi connectivity index (χ1n) is 14.2. The van der Waals surface area contributed by atoms with E-state index >= 15 is 0 Å². The van der Waals surface area contributed by atoms with Crippen LogP contribution in [-0.4, -0.2) is 37.7 Å². The number of hydrogen-bond acceptors (Lipinski definition) is 6. The largest absolute Gasteiger partial charge is 0.370 e. The number of ether oxygens (including phenoxy) is 1. The zero-order chi connectivity index (χ0) is 28.1. The minimum absolute atomic E-state index is 0.000197. The van der Waals surface area contributed by atoms with Crippen LogP contribution in [0.25, 0.3) is 16.9 Å². The van der Waals surface area contributed by atoms with Crippen molar-refractivity contribution in [2.24, 2.45) is 0 Å². The summed E-state index contributed by atoms with van der Waals surface area (Å²) in [4.78, 5) is 30.4. The average Bonchev–Trinajstić information content (AvgIpc) is 3.48. The minimum Gasteiger partial charge on any atom is -0.370 e. The Morgan fingerprint density at radius 1 is 1.07 bits per heavy atom. The van der Waals surface area contributed by atoms with E-state index in [4.69, 9.17) is 4.74 Å². The van der Waals surface area contributed by atoms with Crippen molar-refractivity contribution in [2.75, 3.05) is 6.61 Å². The van der Waals surface area contributed by atoms with E-state index in [0.717, 1.165) is 66.5 Å². The highest BCUT2D eigenvalue weighted by atomic mass is 16.5. The van der Waals surface area contributed by atoms with E-state index in [0.29, 0.717) is 24.2 Å². The van der Waals surface area contributed by atoms with Gasteiger partial charge in [-0.05, 0) is 54.9 Å². The molecule has 0 aliphatic heterocycles. The number of ketones is 1.